The van der Waals surface area contributed by atoms with Gasteiger partial charge in [0.1, 0.15) is 5.75 Å². The van der Waals surface area contributed by atoms with E-state index in [9.17, 15) is 0 Å². The molecule has 0 radical (unpaired) electrons. The van der Waals surface area contributed by atoms with E-state index < -0.39 is 0 Å². The first-order valence-corrected chi connectivity index (χ1v) is 7.85. The fraction of sp³-hybridized carbons (Fsp3) is 0.333. The minimum Gasteiger partial charge on any atom is -0.494 e. The van der Waals surface area contributed by atoms with Crippen molar-refractivity contribution in [3.8, 4) is 5.75 Å². The van der Waals surface area contributed by atoms with Crippen LogP contribution in [0.5, 0.6) is 5.75 Å². The number of benzene rings is 1. The van der Waals surface area contributed by atoms with Crippen molar-refractivity contribution in [3.05, 3.63) is 50.2 Å². The molecule has 1 unspecified atom stereocenters. The first-order chi connectivity index (χ1) is 9.04. The lowest BCUT2D eigenvalue weighted by molar-refractivity contribution is 0.337. The van der Waals surface area contributed by atoms with E-state index in [1.807, 2.05) is 38.3 Å². The van der Waals surface area contributed by atoms with Gasteiger partial charge in [0.25, 0.3) is 0 Å². The van der Waals surface area contributed by atoms with Gasteiger partial charge in [0, 0.05) is 10.4 Å². The molecule has 1 aromatic heterocycles. The highest BCUT2D eigenvalue weighted by molar-refractivity contribution is 7.11. The molecule has 1 heterocycles. The van der Waals surface area contributed by atoms with Crippen molar-refractivity contribution >= 4 is 34.5 Å². The summed E-state index contributed by atoms with van der Waals surface area (Å²) in [5.74, 6) is 0.829. The average molecular weight is 315 g/mol. The van der Waals surface area contributed by atoms with Crippen LogP contribution in [0, 0.1) is 13.8 Å². The maximum atomic E-state index is 6.61. The third kappa shape index (κ3) is 3.07. The molecule has 2 aromatic rings. The summed E-state index contributed by atoms with van der Waals surface area (Å²) in [6.07, 6.45) is 0. The van der Waals surface area contributed by atoms with Gasteiger partial charge < -0.3 is 4.74 Å². The van der Waals surface area contributed by atoms with E-state index in [2.05, 4.69) is 6.07 Å². The number of ether oxygens (including phenoxy) is 1. The molecule has 2 rings (SSSR count). The summed E-state index contributed by atoms with van der Waals surface area (Å²) in [5, 5.41) is 2.52. The minimum atomic E-state index is -0.271. The van der Waals surface area contributed by atoms with Crippen molar-refractivity contribution in [1.29, 1.82) is 0 Å². The SMILES string of the molecule is CCOc1ccc(C)cc1C(Cl)c1scc(C)c1Cl. The van der Waals surface area contributed by atoms with Crippen LogP contribution < -0.4 is 4.74 Å². The van der Waals surface area contributed by atoms with Gasteiger partial charge in [-0.3, -0.25) is 0 Å². The Morgan fingerprint density at radius 1 is 1.32 bits per heavy atom. The molecule has 0 amide bonds. The maximum absolute atomic E-state index is 6.61. The summed E-state index contributed by atoms with van der Waals surface area (Å²) in [6, 6.07) is 6.06. The number of aryl methyl sites for hydroxylation is 2. The Balaban J connectivity index is 2.45. The summed E-state index contributed by atoms with van der Waals surface area (Å²) >= 11 is 14.5. The largest absolute Gasteiger partial charge is 0.494 e. The molecule has 0 aliphatic heterocycles. The minimum absolute atomic E-state index is 0.271. The molecular formula is C15H16Cl2OS. The Kier molecular flexibility index (Phi) is 4.77. The summed E-state index contributed by atoms with van der Waals surface area (Å²) in [7, 11) is 0. The second-order valence-electron chi connectivity index (χ2n) is 4.43. The first-order valence-electron chi connectivity index (χ1n) is 6.15. The molecule has 1 nitrogen and oxygen atoms in total. The fourth-order valence-electron chi connectivity index (χ4n) is 1.91. The van der Waals surface area contributed by atoms with Gasteiger partial charge in [-0.1, -0.05) is 29.3 Å². The zero-order valence-corrected chi connectivity index (χ0v) is 13.5. The number of hydrogen-bond donors (Lipinski definition) is 0. The zero-order chi connectivity index (χ0) is 14.0. The standard InChI is InChI=1S/C15H16Cl2OS/c1-4-18-12-6-5-9(2)7-11(12)14(17)15-13(16)10(3)8-19-15/h5-8,14H,4H2,1-3H3. The maximum Gasteiger partial charge on any atom is 0.124 e. The molecule has 0 saturated heterocycles. The van der Waals surface area contributed by atoms with Crippen LogP contribution in [0.25, 0.3) is 0 Å². The highest BCUT2D eigenvalue weighted by atomic mass is 35.5. The first kappa shape index (κ1) is 14.7. The quantitative estimate of drug-likeness (QED) is 0.653. The van der Waals surface area contributed by atoms with Crippen molar-refractivity contribution in [1.82, 2.24) is 0 Å². The smallest absolute Gasteiger partial charge is 0.124 e. The predicted octanol–water partition coefficient (Wildman–Crippen LogP) is 5.75. The van der Waals surface area contributed by atoms with Crippen molar-refractivity contribution in [2.24, 2.45) is 0 Å². The highest BCUT2D eigenvalue weighted by Crippen LogP contribution is 2.42. The van der Waals surface area contributed by atoms with Gasteiger partial charge in [-0.15, -0.1) is 22.9 Å². The highest BCUT2D eigenvalue weighted by Gasteiger charge is 2.21. The second-order valence-corrected chi connectivity index (χ2v) is 6.16. The second kappa shape index (κ2) is 6.17. The van der Waals surface area contributed by atoms with Gasteiger partial charge in [0.2, 0.25) is 0 Å². The van der Waals surface area contributed by atoms with Crippen LogP contribution in [0.1, 0.15) is 33.9 Å². The van der Waals surface area contributed by atoms with Crippen molar-refractivity contribution in [2.45, 2.75) is 26.1 Å². The zero-order valence-electron chi connectivity index (χ0n) is 11.2. The van der Waals surface area contributed by atoms with Crippen molar-refractivity contribution in [3.63, 3.8) is 0 Å². The topological polar surface area (TPSA) is 9.23 Å². The van der Waals surface area contributed by atoms with E-state index in [-0.39, 0.29) is 5.38 Å². The number of thiophene rings is 1. The van der Waals surface area contributed by atoms with Gasteiger partial charge in [-0.25, -0.2) is 0 Å². The van der Waals surface area contributed by atoms with E-state index in [4.69, 9.17) is 27.9 Å². The molecular weight excluding hydrogens is 299 g/mol. The third-order valence-corrected chi connectivity index (χ3v) is 5.26. The van der Waals surface area contributed by atoms with E-state index in [0.717, 1.165) is 32.3 Å². The Labute approximate surface area is 128 Å². The molecule has 1 aromatic carbocycles. The van der Waals surface area contributed by atoms with Crippen LogP contribution in [-0.4, -0.2) is 6.61 Å². The van der Waals surface area contributed by atoms with Gasteiger partial charge in [0.15, 0.2) is 0 Å². The monoisotopic (exact) mass is 314 g/mol. The van der Waals surface area contributed by atoms with Crippen LogP contribution in [0.3, 0.4) is 0 Å². The van der Waals surface area contributed by atoms with Crippen molar-refractivity contribution < 1.29 is 4.74 Å². The molecule has 4 heteroatoms. The Hall–Kier alpha value is -0.700. The number of rotatable bonds is 4. The molecule has 0 spiro atoms. The normalized spacial score (nSPS) is 12.5. The molecule has 1 atom stereocenters. The van der Waals surface area contributed by atoms with E-state index in [1.54, 1.807) is 11.3 Å². The number of alkyl halides is 1. The van der Waals surface area contributed by atoms with Gasteiger partial charge in [0.05, 0.1) is 17.0 Å². The van der Waals surface area contributed by atoms with Gasteiger partial charge in [-0.05, 0) is 37.8 Å². The number of hydrogen-bond acceptors (Lipinski definition) is 2. The molecule has 0 fully saturated rings. The average Bonchev–Trinajstić information content (AvgIpc) is 2.72. The molecule has 0 saturated carbocycles. The lowest BCUT2D eigenvalue weighted by Crippen LogP contribution is -2.00. The Morgan fingerprint density at radius 3 is 2.63 bits per heavy atom. The van der Waals surface area contributed by atoms with Crippen LogP contribution in [0.2, 0.25) is 5.02 Å². The molecule has 19 heavy (non-hydrogen) atoms. The third-order valence-electron chi connectivity index (χ3n) is 2.89. The summed E-state index contributed by atoms with van der Waals surface area (Å²) < 4.78 is 5.66. The van der Waals surface area contributed by atoms with Crippen LogP contribution in [-0.2, 0) is 0 Å². The van der Waals surface area contributed by atoms with Crippen LogP contribution >= 0.6 is 34.5 Å². The molecule has 0 N–H and O–H groups in total. The van der Waals surface area contributed by atoms with Crippen LogP contribution in [0.4, 0.5) is 0 Å². The molecule has 0 aliphatic rings. The lowest BCUT2D eigenvalue weighted by Gasteiger charge is -2.15. The van der Waals surface area contributed by atoms with Gasteiger partial charge in [-0.2, -0.15) is 0 Å². The van der Waals surface area contributed by atoms with Gasteiger partial charge >= 0.3 is 0 Å². The van der Waals surface area contributed by atoms with Crippen LogP contribution in [0.15, 0.2) is 23.6 Å². The molecule has 0 aliphatic carbocycles. The summed E-state index contributed by atoms with van der Waals surface area (Å²) in [6.45, 7) is 6.63. The summed E-state index contributed by atoms with van der Waals surface area (Å²) in [4.78, 5) is 0.979. The van der Waals surface area contributed by atoms with E-state index >= 15 is 0 Å². The predicted molar refractivity (Wildman–Crippen MR) is 84.1 cm³/mol. The Bertz CT molecular complexity index is 578. The molecule has 0 bridgehead atoms. The van der Waals surface area contributed by atoms with E-state index in [0.29, 0.717) is 6.61 Å². The molecule has 102 valence electrons. The van der Waals surface area contributed by atoms with E-state index in [1.165, 1.54) is 0 Å². The number of halogens is 2. The van der Waals surface area contributed by atoms with Crippen molar-refractivity contribution in [2.75, 3.05) is 6.61 Å². The Morgan fingerprint density at radius 2 is 2.05 bits per heavy atom. The summed E-state index contributed by atoms with van der Waals surface area (Å²) in [5.41, 5.74) is 3.21. The lowest BCUT2D eigenvalue weighted by atomic mass is 10.1. The fourth-order valence-corrected chi connectivity index (χ4v) is 3.70.